The molecular formula is C19H14BrFN2O. The van der Waals surface area contributed by atoms with Crippen LogP contribution in [-0.2, 0) is 0 Å². The lowest BCUT2D eigenvalue weighted by Gasteiger charge is -2.13. The number of para-hydroxylation sites is 3. The van der Waals surface area contributed by atoms with Crippen LogP contribution in [0.1, 0.15) is 10.4 Å². The molecule has 3 nitrogen and oxygen atoms in total. The topological polar surface area (TPSA) is 41.1 Å². The third kappa shape index (κ3) is 3.81. The number of hydrogen-bond donors (Lipinski definition) is 2. The number of rotatable bonds is 4. The van der Waals surface area contributed by atoms with E-state index in [2.05, 4.69) is 26.6 Å². The molecule has 3 rings (SSSR count). The minimum absolute atomic E-state index is 0.240. The monoisotopic (exact) mass is 384 g/mol. The SMILES string of the molecule is O=C(Nc1ccccc1Nc1ccccc1)c1cc(F)ccc1Br. The molecule has 0 aliphatic heterocycles. The minimum Gasteiger partial charge on any atom is -0.354 e. The predicted molar refractivity (Wildman–Crippen MR) is 98.2 cm³/mol. The molecule has 2 N–H and O–H groups in total. The van der Waals surface area contributed by atoms with E-state index in [1.165, 1.54) is 18.2 Å². The third-order valence-electron chi connectivity index (χ3n) is 3.40. The van der Waals surface area contributed by atoms with Gasteiger partial charge < -0.3 is 10.6 Å². The Hall–Kier alpha value is -2.66. The van der Waals surface area contributed by atoms with Gasteiger partial charge >= 0.3 is 0 Å². The summed E-state index contributed by atoms with van der Waals surface area (Å²) in [6.07, 6.45) is 0. The van der Waals surface area contributed by atoms with Crippen LogP contribution in [0.3, 0.4) is 0 Å². The maximum atomic E-state index is 13.4. The summed E-state index contributed by atoms with van der Waals surface area (Å²) in [5.74, 6) is -0.845. The summed E-state index contributed by atoms with van der Waals surface area (Å²) in [6.45, 7) is 0. The lowest BCUT2D eigenvalue weighted by molar-refractivity contribution is 0.102. The van der Waals surface area contributed by atoms with E-state index in [0.717, 1.165) is 11.4 Å². The van der Waals surface area contributed by atoms with Crippen molar-refractivity contribution in [2.45, 2.75) is 0 Å². The molecule has 0 heterocycles. The molecule has 0 fully saturated rings. The molecule has 3 aromatic carbocycles. The lowest BCUT2D eigenvalue weighted by Crippen LogP contribution is -2.14. The van der Waals surface area contributed by atoms with E-state index in [4.69, 9.17) is 0 Å². The van der Waals surface area contributed by atoms with Crippen molar-refractivity contribution in [3.05, 3.63) is 88.6 Å². The molecule has 0 aromatic heterocycles. The van der Waals surface area contributed by atoms with Crippen molar-refractivity contribution in [1.29, 1.82) is 0 Å². The second-order valence-corrected chi connectivity index (χ2v) is 5.97. The van der Waals surface area contributed by atoms with E-state index in [-0.39, 0.29) is 11.5 Å². The number of anilines is 3. The van der Waals surface area contributed by atoms with E-state index in [1.807, 2.05) is 48.5 Å². The maximum absolute atomic E-state index is 13.4. The van der Waals surface area contributed by atoms with E-state index in [0.29, 0.717) is 10.2 Å². The van der Waals surface area contributed by atoms with Crippen LogP contribution in [-0.4, -0.2) is 5.91 Å². The Labute approximate surface area is 147 Å². The van der Waals surface area contributed by atoms with E-state index >= 15 is 0 Å². The van der Waals surface area contributed by atoms with Gasteiger partial charge in [0.05, 0.1) is 16.9 Å². The van der Waals surface area contributed by atoms with Gasteiger partial charge in [0, 0.05) is 10.2 Å². The molecule has 5 heteroatoms. The molecule has 0 saturated carbocycles. The van der Waals surface area contributed by atoms with E-state index < -0.39 is 5.82 Å². The quantitative estimate of drug-likeness (QED) is 0.615. The molecule has 0 saturated heterocycles. The number of benzene rings is 3. The number of nitrogens with one attached hydrogen (secondary N) is 2. The number of carbonyl (C=O) groups is 1. The van der Waals surface area contributed by atoms with Crippen molar-refractivity contribution in [3.8, 4) is 0 Å². The molecule has 0 radical (unpaired) electrons. The largest absolute Gasteiger partial charge is 0.354 e. The second kappa shape index (κ2) is 7.27. The maximum Gasteiger partial charge on any atom is 0.256 e. The first kappa shape index (κ1) is 16.2. The Balaban J connectivity index is 1.85. The molecule has 0 aliphatic rings. The van der Waals surface area contributed by atoms with Gasteiger partial charge in [-0.05, 0) is 58.4 Å². The van der Waals surface area contributed by atoms with Gasteiger partial charge in [-0.25, -0.2) is 4.39 Å². The van der Waals surface area contributed by atoms with Crippen molar-refractivity contribution in [2.24, 2.45) is 0 Å². The average Bonchev–Trinajstić information content (AvgIpc) is 2.59. The van der Waals surface area contributed by atoms with Crippen LogP contribution >= 0.6 is 15.9 Å². The van der Waals surface area contributed by atoms with Crippen molar-refractivity contribution in [3.63, 3.8) is 0 Å². The highest BCUT2D eigenvalue weighted by atomic mass is 79.9. The third-order valence-corrected chi connectivity index (χ3v) is 4.09. The van der Waals surface area contributed by atoms with Crippen LogP contribution in [0.2, 0.25) is 0 Å². The standard InChI is InChI=1S/C19H14BrFN2O/c20-16-11-10-13(21)12-15(16)19(24)23-18-9-5-4-8-17(18)22-14-6-2-1-3-7-14/h1-12,22H,(H,23,24). The summed E-state index contributed by atoms with van der Waals surface area (Å²) in [6, 6.07) is 21.0. The summed E-state index contributed by atoms with van der Waals surface area (Å²) in [4.78, 5) is 12.5. The summed E-state index contributed by atoms with van der Waals surface area (Å²) in [7, 11) is 0. The average molecular weight is 385 g/mol. The zero-order valence-electron chi connectivity index (χ0n) is 12.6. The molecule has 0 unspecified atom stereocenters. The highest BCUT2D eigenvalue weighted by molar-refractivity contribution is 9.10. The van der Waals surface area contributed by atoms with Gasteiger partial charge in [-0.3, -0.25) is 4.79 Å². The van der Waals surface area contributed by atoms with Crippen molar-refractivity contribution < 1.29 is 9.18 Å². The molecule has 0 atom stereocenters. The number of hydrogen-bond acceptors (Lipinski definition) is 2. The van der Waals surface area contributed by atoms with Gasteiger partial charge in [0.1, 0.15) is 5.82 Å². The van der Waals surface area contributed by atoms with Crippen molar-refractivity contribution in [1.82, 2.24) is 0 Å². The van der Waals surface area contributed by atoms with Gasteiger partial charge in [-0.2, -0.15) is 0 Å². The van der Waals surface area contributed by atoms with Crippen molar-refractivity contribution in [2.75, 3.05) is 10.6 Å². The minimum atomic E-state index is -0.459. The summed E-state index contributed by atoms with van der Waals surface area (Å²) in [5, 5.41) is 6.07. The van der Waals surface area contributed by atoms with Gasteiger partial charge in [0.15, 0.2) is 0 Å². The number of carbonyl (C=O) groups excluding carboxylic acids is 1. The zero-order valence-corrected chi connectivity index (χ0v) is 14.2. The van der Waals surface area contributed by atoms with Gasteiger partial charge in [0.25, 0.3) is 5.91 Å². The molecule has 0 spiro atoms. The fraction of sp³-hybridized carbons (Fsp3) is 0. The molecular weight excluding hydrogens is 371 g/mol. The Morgan fingerprint density at radius 1 is 0.875 bits per heavy atom. The normalized spacial score (nSPS) is 10.2. The number of amides is 1. The van der Waals surface area contributed by atoms with Crippen LogP contribution < -0.4 is 10.6 Å². The Bertz CT molecular complexity index is 868. The van der Waals surface area contributed by atoms with E-state index in [9.17, 15) is 9.18 Å². The molecule has 3 aromatic rings. The molecule has 0 aliphatic carbocycles. The van der Waals surface area contributed by atoms with Gasteiger partial charge in [-0.15, -0.1) is 0 Å². The first-order valence-electron chi connectivity index (χ1n) is 7.31. The highest BCUT2D eigenvalue weighted by Gasteiger charge is 2.13. The smallest absolute Gasteiger partial charge is 0.256 e. The Morgan fingerprint density at radius 2 is 1.54 bits per heavy atom. The van der Waals surface area contributed by atoms with Crippen LogP contribution in [0.5, 0.6) is 0 Å². The Morgan fingerprint density at radius 3 is 2.29 bits per heavy atom. The Kier molecular flexibility index (Phi) is 4.91. The van der Waals surface area contributed by atoms with E-state index in [1.54, 1.807) is 6.07 Å². The number of halogens is 2. The van der Waals surface area contributed by atoms with Crippen LogP contribution in [0, 0.1) is 5.82 Å². The van der Waals surface area contributed by atoms with Crippen LogP contribution in [0.15, 0.2) is 77.3 Å². The molecule has 0 bridgehead atoms. The lowest BCUT2D eigenvalue weighted by atomic mass is 10.2. The van der Waals surface area contributed by atoms with Gasteiger partial charge in [-0.1, -0.05) is 30.3 Å². The predicted octanol–water partition coefficient (Wildman–Crippen LogP) is 5.58. The molecule has 24 heavy (non-hydrogen) atoms. The summed E-state index contributed by atoms with van der Waals surface area (Å²) < 4.78 is 13.9. The second-order valence-electron chi connectivity index (χ2n) is 5.11. The molecule has 1 amide bonds. The first-order chi connectivity index (χ1) is 11.6. The summed E-state index contributed by atoms with van der Waals surface area (Å²) >= 11 is 3.27. The first-order valence-corrected chi connectivity index (χ1v) is 8.10. The van der Waals surface area contributed by atoms with Gasteiger partial charge in [0.2, 0.25) is 0 Å². The molecule has 120 valence electrons. The van der Waals surface area contributed by atoms with Crippen molar-refractivity contribution >= 4 is 38.9 Å². The van der Waals surface area contributed by atoms with Crippen LogP contribution in [0.25, 0.3) is 0 Å². The van der Waals surface area contributed by atoms with Crippen LogP contribution in [0.4, 0.5) is 21.5 Å². The zero-order chi connectivity index (χ0) is 16.9. The summed E-state index contributed by atoms with van der Waals surface area (Å²) in [5.41, 5.74) is 2.52. The highest BCUT2D eigenvalue weighted by Crippen LogP contribution is 2.26. The fourth-order valence-electron chi connectivity index (χ4n) is 2.24. The fourth-order valence-corrected chi connectivity index (χ4v) is 2.67.